The molecule has 0 spiro atoms. The van der Waals surface area contributed by atoms with Gasteiger partial charge in [-0.05, 0) is 24.0 Å². The molecule has 1 aliphatic heterocycles. The Morgan fingerprint density at radius 3 is 1.67 bits per heavy atom. The number of imidazole rings is 1. The number of H-pyrrole nitrogens is 1. The second-order valence-corrected chi connectivity index (χ2v) is 10.1. The Balaban J connectivity index is 0.00000178. The third-order valence-corrected chi connectivity index (χ3v) is 7.77. The number of nitrogens with one attached hydrogen (secondary N) is 1. The number of hydrogen-bond donors (Lipinski definition) is 1. The van der Waals surface area contributed by atoms with E-state index in [1.165, 1.54) is 22.5 Å². The third-order valence-electron chi connectivity index (χ3n) is 7.77. The molecule has 1 N–H and O–H groups in total. The van der Waals surface area contributed by atoms with Crippen molar-refractivity contribution >= 4 is 37.2 Å². The Bertz CT molecular complexity index is 1190. The van der Waals surface area contributed by atoms with Crippen LogP contribution >= 0.6 is 37.2 Å². The molecule has 3 aromatic carbocycles. The molecule has 210 valence electrons. The van der Waals surface area contributed by atoms with E-state index in [1.54, 1.807) is 0 Å². The first-order chi connectivity index (χ1) is 17.7. The average molecular weight is 588 g/mol. The largest absolute Gasteiger partial charge is 0.342 e. The molecule has 4 aromatic rings. The Morgan fingerprint density at radius 1 is 0.718 bits per heavy atom. The van der Waals surface area contributed by atoms with Crippen LogP contribution in [0, 0.1) is 12.8 Å². The minimum absolute atomic E-state index is 0. The van der Waals surface area contributed by atoms with E-state index in [2.05, 4.69) is 127 Å². The molecule has 0 aliphatic carbocycles. The SMILES string of the molecule is CCC(C)C(c1nc(-c2ccccc2)[nH]c1C)N1CCN(C(c2ccccc2)c2ccccc2)CC1.Cl.Cl.Cl. The summed E-state index contributed by atoms with van der Waals surface area (Å²) in [4.78, 5) is 14.1. The first-order valence-electron chi connectivity index (χ1n) is 13.4. The number of aryl methyl sites for hydroxylation is 1. The number of piperazine rings is 1. The quantitative estimate of drug-likeness (QED) is 0.226. The van der Waals surface area contributed by atoms with Gasteiger partial charge in [0.25, 0.3) is 0 Å². The first kappa shape index (κ1) is 32.9. The molecule has 0 bridgehead atoms. The van der Waals surface area contributed by atoms with Crippen molar-refractivity contribution in [2.75, 3.05) is 26.2 Å². The van der Waals surface area contributed by atoms with E-state index in [9.17, 15) is 0 Å². The highest BCUT2D eigenvalue weighted by molar-refractivity contribution is 5.86. The first-order valence-corrected chi connectivity index (χ1v) is 13.4. The monoisotopic (exact) mass is 586 g/mol. The molecule has 2 atom stereocenters. The number of halogens is 3. The van der Waals surface area contributed by atoms with Crippen molar-refractivity contribution in [2.24, 2.45) is 5.92 Å². The number of nitrogens with zero attached hydrogens (tertiary/aromatic N) is 3. The smallest absolute Gasteiger partial charge is 0.137 e. The molecule has 1 aliphatic rings. The molecule has 39 heavy (non-hydrogen) atoms. The van der Waals surface area contributed by atoms with Crippen LogP contribution in [0.15, 0.2) is 91.0 Å². The highest BCUT2D eigenvalue weighted by atomic mass is 35.5. The maximum Gasteiger partial charge on any atom is 0.137 e. The summed E-state index contributed by atoms with van der Waals surface area (Å²) in [7, 11) is 0. The molecule has 7 heteroatoms. The molecule has 1 fully saturated rings. The zero-order valence-electron chi connectivity index (χ0n) is 23.0. The molecule has 0 saturated carbocycles. The molecule has 2 unspecified atom stereocenters. The van der Waals surface area contributed by atoms with E-state index in [-0.39, 0.29) is 43.3 Å². The van der Waals surface area contributed by atoms with Gasteiger partial charge in [-0.1, -0.05) is 111 Å². The zero-order valence-corrected chi connectivity index (χ0v) is 25.4. The van der Waals surface area contributed by atoms with E-state index in [1.807, 2.05) is 0 Å². The van der Waals surface area contributed by atoms with Crippen LogP contribution in [0.4, 0.5) is 0 Å². The van der Waals surface area contributed by atoms with Gasteiger partial charge < -0.3 is 4.98 Å². The summed E-state index contributed by atoms with van der Waals surface area (Å²) in [5.74, 6) is 1.50. The fourth-order valence-electron chi connectivity index (χ4n) is 5.68. The fraction of sp³-hybridized carbons (Fsp3) is 0.344. The molecule has 2 heterocycles. The number of benzene rings is 3. The van der Waals surface area contributed by atoms with E-state index in [4.69, 9.17) is 4.98 Å². The topological polar surface area (TPSA) is 35.2 Å². The van der Waals surface area contributed by atoms with E-state index < -0.39 is 0 Å². The Labute approximate surface area is 252 Å². The van der Waals surface area contributed by atoms with E-state index in [0.717, 1.165) is 44.0 Å². The lowest BCUT2D eigenvalue weighted by atomic mass is 9.92. The third kappa shape index (κ3) is 7.45. The van der Waals surface area contributed by atoms with Crippen molar-refractivity contribution in [3.05, 3.63) is 114 Å². The minimum atomic E-state index is 0. The lowest BCUT2D eigenvalue weighted by molar-refractivity contribution is 0.0559. The summed E-state index contributed by atoms with van der Waals surface area (Å²) in [5.41, 5.74) is 6.28. The van der Waals surface area contributed by atoms with Crippen LogP contribution in [0.1, 0.15) is 54.9 Å². The molecular weight excluding hydrogens is 547 g/mol. The van der Waals surface area contributed by atoms with Crippen molar-refractivity contribution in [1.29, 1.82) is 0 Å². The second kappa shape index (κ2) is 15.4. The van der Waals surface area contributed by atoms with Crippen molar-refractivity contribution in [3.63, 3.8) is 0 Å². The van der Waals surface area contributed by atoms with Crippen LogP contribution < -0.4 is 0 Å². The predicted molar refractivity (Wildman–Crippen MR) is 171 cm³/mol. The van der Waals surface area contributed by atoms with Crippen LogP contribution in [0.3, 0.4) is 0 Å². The summed E-state index contributed by atoms with van der Waals surface area (Å²) < 4.78 is 0. The lowest BCUT2D eigenvalue weighted by Crippen LogP contribution is -2.50. The number of hydrogen-bond acceptors (Lipinski definition) is 3. The summed E-state index contributed by atoms with van der Waals surface area (Å²) in [6, 6.07) is 33.0. The van der Waals surface area contributed by atoms with Crippen molar-refractivity contribution < 1.29 is 0 Å². The zero-order chi connectivity index (χ0) is 24.9. The molecule has 0 amide bonds. The fourth-order valence-corrected chi connectivity index (χ4v) is 5.68. The second-order valence-electron chi connectivity index (χ2n) is 10.1. The van der Waals surface area contributed by atoms with Gasteiger partial charge in [0, 0.05) is 37.4 Å². The van der Waals surface area contributed by atoms with Crippen molar-refractivity contribution in [3.8, 4) is 11.4 Å². The average Bonchev–Trinajstić information content (AvgIpc) is 3.32. The standard InChI is InChI=1S/C32H38N4.3ClH/c1-4-24(2)30(29-25(3)33-32(34-29)28-18-12-7-13-19-28)35-20-22-36(23-21-35)31(26-14-8-5-9-15-26)27-16-10-6-11-17-27;;;/h5-19,24,30-31H,4,20-23H2,1-3H3,(H,33,34);3*1H. The number of aromatic amines is 1. The predicted octanol–water partition coefficient (Wildman–Crippen LogP) is 8.14. The minimum Gasteiger partial charge on any atom is -0.342 e. The highest BCUT2D eigenvalue weighted by Gasteiger charge is 2.34. The summed E-state index contributed by atoms with van der Waals surface area (Å²) in [6.07, 6.45) is 1.13. The van der Waals surface area contributed by atoms with Gasteiger partial charge in [0.05, 0.1) is 17.8 Å². The number of aromatic nitrogens is 2. The Hall–Kier alpha value is -2.34. The normalized spacial score (nSPS) is 15.5. The maximum absolute atomic E-state index is 5.16. The van der Waals surface area contributed by atoms with Gasteiger partial charge in [0.15, 0.2) is 0 Å². The molecule has 4 nitrogen and oxygen atoms in total. The van der Waals surface area contributed by atoms with Crippen LogP contribution in [0.25, 0.3) is 11.4 Å². The molecular formula is C32H41Cl3N4. The summed E-state index contributed by atoms with van der Waals surface area (Å²) in [5, 5.41) is 0. The van der Waals surface area contributed by atoms with Gasteiger partial charge in [0.1, 0.15) is 5.82 Å². The lowest BCUT2D eigenvalue weighted by Gasteiger charge is -2.44. The summed E-state index contributed by atoms with van der Waals surface area (Å²) in [6.45, 7) is 11.0. The molecule has 0 radical (unpaired) electrons. The Morgan fingerprint density at radius 2 is 1.18 bits per heavy atom. The number of rotatable bonds is 8. The van der Waals surface area contributed by atoms with Gasteiger partial charge in [-0.2, -0.15) is 0 Å². The van der Waals surface area contributed by atoms with E-state index >= 15 is 0 Å². The molecule has 1 aromatic heterocycles. The summed E-state index contributed by atoms with van der Waals surface area (Å²) >= 11 is 0. The molecule has 5 rings (SSSR count). The van der Waals surface area contributed by atoms with Crippen LogP contribution in [-0.2, 0) is 0 Å². The van der Waals surface area contributed by atoms with E-state index in [0.29, 0.717) is 12.0 Å². The molecule has 1 saturated heterocycles. The van der Waals surface area contributed by atoms with Gasteiger partial charge in [-0.15, -0.1) is 37.2 Å². The van der Waals surface area contributed by atoms with Crippen molar-refractivity contribution in [1.82, 2.24) is 19.8 Å². The van der Waals surface area contributed by atoms with Gasteiger partial charge in [0.2, 0.25) is 0 Å². The maximum atomic E-state index is 5.16. The van der Waals surface area contributed by atoms with Gasteiger partial charge >= 0.3 is 0 Å². The van der Waals surface area contributed by atoms with Crippen LogP contribution in [-0.4, -0.2) is 45.9 Å². The Kier molecular flexibility index (Phi) is 13.0. The van der Waals surface area contributed by atoms with Crippen molar-refractivity contribution in [2.45, 2.75) is 39.3 Å². The van der Waals surface area contributed by atoms with Gasteiger partial charge in [-0.25, -0.2) is 4.98 Å². The van der Waals surface area contributed by atoms with Crippen LogP contribution in [0.2, 0.25) is 0 Å². The van der Waals surface area contributed by atoms with Gasteiger partial charge in [-0.3, -0.25) is 9.80 Å². The highest BCUT2D eigenvalue weighted by Crippen LogP contribution is 2.36. The van der Waals surface area contributed by atoms with Crippen LogP contribution in [0.5, 0.6) is 0 Å².